The molecule has 0 aliphatic carbocycles. The second kappa shape index (κ2) is 4.23. The summed E-state index contributed by atoms with van der Waals surface area (Å²) in [4.78, 5) is 8.76. The number of aryl methyl sites for hydroxylation is 1. The molecule has 0 aliphatic heterocycles. The van der Waals surface area contributed by atoms with Gasteiger partial charge in [0, 0.05) is 6.20 Å². The van der Waals surface area contributed by atoms with Gasteiger partial charge in [-0.05, 0) is 36.8 Å². The fraction of sp³-hybridized carbons (Fsp3) is 0.143. The minimum atomic E-state index is -0.107. The predicted molar refractivity (Wildman–Crippen MR) is 69.5 cm³/mol. The molecule has 2 heterocycles. The zero-order chi connectivity index (χ0) is 12.5. The molecular formula is C14H13N3O. The molecule has 0 radical (unpaired) electrons. The van der Waals surface area contributed by atoms with Crippen molar-refractivity contribution in [3.05, 3.63) is 54.0 Å². The molecule has 3 rings (SSSR count). The Hall–Kier alpha value is -2.20. The molecule has 0 atom stereocenters. The van der Waals surface area contributed by atoms with E-state index in [1.165, 1.54) is 0 Å². The van der Waals surface area contributed by atoms with E-state index < -0.39 is 0 Å². The standard InChI is InChI=1S/C14H13N3O/c1-10-6-7-15-13(8-10)17-12-5-3-2-4-11(12)16-14(17)9-18/h2-8,18H,9H2,1H3. The molecule has 3 aromatic rings. The monoisotopic (exact) mass is 239 g/mol. The van der Waals surface area contributed by atoms with Gasteiger partial charge in [0.1, 0.15) is 18.2 Å². The van der Waals surface area contributed by atoms with E-state index in [0.29, 0.717) is 5.82 Å². The smallest absolute Gasteiger partial charge is 0.141 e. The van der Waals surface area contributed by atoms with Gasteiger partial charge in [-0.2, -0.15) is 0 Å². The number of hydrogen-bond acceptors (Lipinski definition) is 3. The highest BCUT2D eigenvalue weighted by Gasteiger charge is 2.11. The van der Waals surface area contributed by atoms with Crippen molar-refractivity contribution in [2.45, 2.75) is 13.5 Å². The molecule has 0 bridgehead atoms. The van der Waals surface area contributed by atoms with Crippen LogP contribution in [0.25, 0.3) is 16.9 Å². The first-order chi connectivity index (χ1) is 8.79. The van der Waals surface area contributed by atoms with Crippen molar-refractivity contribution < 1.29 is 5.11 Å². The first kappa shape index (κ1) is 10.9. The summed E-state index contributed by atoms with van der Waals surface area (Å²) in [5, 5.41) is 9.44. The number of pyridine rings is 1. The fourth-order valence-corrected chi connectivity index (χ4v) is 2.08. The Morgan fingerprint density at radius 2 is 2.06 bits per heavy atom. The molecule has 2 aromatic heterocycles. The van der Waals surface area contributed by atoms with Gasteiger partial charge in [0.25, 0.3) is 0 Å². The van der Waals surface area contributed by atoms with Gasteiger partial charge in [-0.3, -0.25) is 4.57 Å². The third-order valence-corrected chi connectivity index (χ3v) is 2.90. The Labute approximate surface area is 105 Å². The van der Waals surface area contributed by atoms with E-state index in [2.05, 4.69) is 9.97 Å². The minimum Gasteiger partial charge on any atom is -0.388 e. The Bertz CT molecular complexity index is 703. The van der Waals surface area contributed by atoms with Crippen LogP contribution in [0.2, 0.25) is 0 Å². The topological polar surface area (TPSA) is 50.9 Å². The van der Waals surface area contributed by atoms with Crippen molar-refractivity contribution in [2.24, 2.45) is 0 Å². The fourth-order valence-electron chi connectivity index (χ4n) is 2.08. The Balaban J connectivity index is 2.33. The van der Waals surface area contributed by atoms with Crippen LogP contribution >= 0.6 is 0 Å². The summed E-state index contributed by atoms with van der Waals surface area (Å²) in [6.07, 6.45) is 1.76. The first-order valence-electron chi connectivity index (χ1n) is 5.80. The number of imidazole rings is 1. The van der Waals surface area contributed by atoms with Gasteiger partial charge in [0.05, 0.1) is 11.0 Å². The third-order valence-electron chi connectivity index (χ3n) is 2.90. The first-order valence-corrected chi connectivity index (χ1v) is 5.80. The molecule has 0 fully saturated rings. The molecular weight excluding hydrogens is 226 g/mol. The molecule has 0 aliphatic rings. The zero-order valence-corrected chi connectivity index (χ0v) is 10.0. The quantitative estimate of drug-likeness (QED) is 0.746. The maximum Gasteiger partial charge on any atom is 0.141 e. The number of benzene rings is 1. The second-order valence-corrected chi connectivity index (χ2v) is 4.20. The van der Waals surface area contributed by atoms with E-state index in [1.807, 2.05) is 47.9 Å². The average Bonchev–Trinajstić information content (AvgIpc) is 2.77. The highest BCUT2D eigenvalue weighted by molar-refractivity contribution is 5.77. The van der Waals surface area contributed by atoms with Crippen molar-refractivity contribution in [3.8, 4) is 5.82 Å². The van der Waals surface area contributed by atoms with Crippen LogP contribution in [0.4, 0.5) is 0 Å². The Morgan fingerprint density at radius 3 is 2.83 bits per heavy atom. The summed E-state index contributed by atoms with van der Waals surface area (Å²) >= 11 is 0. The van der Waals surface area contributed by atoms with Crippen LogP contribution in [-0.4, -0.2) is 19.6 Å². The van der Waals surface area contributed by atoms with E-state index in [4.69, 9.17) is 0 Å². The Kier molecular flexibility index (Phi) is 2.57. The van der Waals surface area contributed by atoms with Crippen LogP contribution < -0.4 is 0 Å². The molecule has 0 spiro atoms. The number of fused-ring (bicyclic) bond motifs is 1. The summed E-state index contributed by atoms with van der Waals surface area (Å²) in [6, 6.07) is 11.7. The van der Waals surface area contributed by atoms with Crippen LogP contribution in [0, 0.1) is 6.92 Å². The number of nitrogens with zero attached hydrogens (tertiary/aromatic N) is 3. The molecule has 1 aromatic carbocycles. The number of hydrogen-bond donors (Lipinski definition) is 1. The second-order valence-electron chi connectivity index (χ2n) is 4.20. The van der Waals surface area contributed by atoms with Gasteiger partial charge in [-0.25, -0.2) is 9.97 Å². The molecule has 0 saturated heterocycles. The predicted octanol–water partition coefficient (Wildman–Crippen LogP) is 2.22. The van der Waals surface area contributed by atoms with Crippen molar-refractivity contribution in [1.29, 1.82) is 0 Å². The van der Waals surface area contributed by atoms with Gasteiger partial charge in [0.15, 0.2) is 0 Å². The van der Waals surface area contributed by atoms with Crippen LogP contribution in [0.3, 0.4) is 0 Å². The van der Waals surface area contributed by atoms with E-state index in [0.717, 1.165) is 22.4 Å². The van der Waals surface area contributed by atoms with Gasteiger partial charge in [-0.1, -0.05) is 12.1 Å². The number of rotatable bonds is 2. The maximum absolute atomic E-state index is 9.44. The van der Waals surface area contributed by atoms with E-state index in [9.17, 15) is 5.11 Å². The third kappa shape index (κ3) is 1.67. The van der Waals surface area contributed by atoms with Gasteiger partial charge in [-0.15, -0.1) is 0 Å². The molecule has 18 heavy (non-hydrogen) atoms. The van der Waals surface area contributed by atoms with E-state index in [1.54, 1.807) is 6.20 Å². The molecule has 0 amide bonds. The summed E-state index contributed by atoms with van der Waals surface area (Å²) in [5.74, 6) is 1.39. The number of aliphatic hydroxyl groups is 1. The zero-order valence-electron chi connectivity index (χ0n) is 10.0. The largest absolute Gasteiger partial charge is 0.388 e. The number of aliphatic hydroxyl groups excluding tert-OH is 1. The lowest BCUT2D eigenvalue weighted by Gasteiger charge is -2.07. The van der Waals surface area contributed by atoms with Crippen LogP contribution in [0.15, 0.2) is 42.6 Å². The average molecular weight is 239 g/mol. The van der Waals surface area contributed by atoms with Crippen LogP contribution in [0.1, 0.15) is 11.4 Å². The Morgan fingerprint density at radius 1 is 1.22 bits per heavy atom. The lowest BCUT2D eigenvalue weighted by atomic mass is 10.3. The number of para-hydroxylation sites is 2. The normalized spacial score (nSPS) is 11.0. The summed E-state index contributed by atoms with van der Waals surface area (Å²) in [6.45, 7) is 1.91. The van der Waals surface area contributed by atoms with Crippen molar-refractivity contribution >= 4 is 11.0 Å². The molecule has 4 heteroatoms. The molecule has 4 nitrogen and oxygen atoms in total. The van der Waals surface area contributed by atoms with Crippen molar-refractivity contribution in [1.82, 2.24) is 14.5 Å². The van der Waals surface area contributed by atoms with Crippen LogP contribution in [-0.2, 0) is 6.61 Å². The summed E-state index contributed by atoms with van der Waals surface area (Å²) < 4.78 is 1.89. The lowest BCUT2D eigenvalue weighted by molar-refractivity contribution is 0.270. The SMILES string of the molecule is Cc1ccnc(-n2c(CO)nc3ccccc32)c1. The lowest BCUT2D eigenvalue weighted by Crippen LogP contribution is -2.03. The van der Waals surface area contributed by atoms with Crippen molar-refractivity contribution in [2.75, 3.05) is 0 Å². The molecule has 0 unspecified atom stereocenters. The highest BCUT2D eigenvalue weighted by Crippen LogP contribution is 2.20. The summed E-state index contributed by atoms with van der Waals surface area (Å²) in [7, 11) is 0. The van der Waals surface area contributed by atoms with Gasteiger partial charge < -0.3 is 5.11 Å². The number of aromatic nitrogens is 3. The molecule has 90 valence electrons. The van der Waals surface area contributed by atoms with E-state index >= 15 is 0 Å². The molecule has 1 N–H and O–H groups in total. The van der Waals surface area contributed by atoms with E-state index in [-0.39, 0.29) is 6.61 Å². The minimum absolute atomic E-state index is 0.107. The van der Waals surface area contributed by atoms with Gasteiger partial charge >= 0.3 is 0 Å². The highest BCUT2D eigenvalue weighted by atomic mass is 16.3. The van der Waals surface area contributed by atoms with Crippen LogP contribution in [0.5, 0.6) is 0 Å². The summed E-state index contributed by atoms with van der Waals surface area (Å²) in [5.41, 5.74) is 2.95. The maximum atomic E-state index is 9.44. The molecule has 0 saturated carbocycles. The van der Waals surface area contributed by atoms with Gasteiger partial charge in [0.2, 0.25) is 0 Å². The van der Waals surface area contributed by atoms with Crippen molar-refractivity contribution in [3.63, 3.8) is 0 Å².